The smallest absolute Gasteiger partial charge is 0.315 e. The van der Waals surface area contributed by atoms with E-state index in [9.17, 15) is 9.59 Å². The number of aryl methyl sites for hydroxylation is 1. The molecule has 0 aliphatic rings. The van der Waals surface area contributed by atoms with E-state index >= 15 is 0 Å². The van der Waals surface area contributed by atoms with Crippen molar-refractivity contribution < 1.29 is 9.59 Å². The molecule has 0 saturated carbocycles. The number of urea groups is 1. The Bertz CT molecular complexity index is 727. The van der Waals surface area contributed by atoms with Crippen LogP contribution in [0.15, 0.2) is 24.3 Å². The molecule has 2 rings (SSSR count). The van der Waals surface area contributed by atoms with Crippen molar-refractivity contribution in [3.63, 3.8) is 0 Å². The molecule has 0 spiro atoms. The molecule has 0 fully saturated rings. The van der Waals surface area contributed by atoms with Crippen molar-refractivity contribution in [3.8, 4) is 10.6 Å². The van der Waals surface area contributed by atoms with E-state index in [2.05, 4.69) is 26.1 Å². The zero-order valence-electron chi connectivity index (χ0n) is 14.8. The highest BCUT2D eigenvalue weighted by molar-refractivity contribution is 7.18. The molecule has 2 aromatic rings. The maximum Gasteiger partial charge on any atom is 0.315 e. The van der Waals surface area contributed by atoms with Crippen LogP contribution in [0.4, 0.5) is 9.93 Å². The highest BCUT2D eigenvalue weighted by Gasteiger charge is 2.25. The Morgan fingerprint density at radius 1 is 1.16 bits per heavy atom. The van der Waals surface area contributed by atoms with Crippen LogP contribution in [0.25, 0.3) is 10.6 Å². The Hall–Kier alpha value is -2.48. The first-order valence-electron chi connectivity index (χ1n) is 8.16. The van der Waals surface area contributed by atoms with Gasteiger partial charge >= 0.3 is 6.03 Å². The van der Waals surface area contributed by atoms with Gasteiger partial charge in [-0.25, -0.2) is 4.79 Å². The quantitative estimate of drug-likeness (QED) is 0.737. The van der Waals surface area contributed by atoms with Crippen molar-refractivity contribution in [1.29, 1.82) is 0 Å². The molecule has 134 valence electrons. The van der Waals surface area contributed by atoms with Crippen molar-refractivity contribution in [1.82, 2.24) is 20.8 Å². The third kappa shape index (κ3) is 5.25. The van der Waals surface area contributed by atoms with Gasteiger partial charge in [0, 0.05) is 12.1 Å². The summed E-state index contributed by atoms with van der Waals surface area (Å²) in [5.41, 5.74) is 2.11. The molecule has 0 unspecified atom stereocenters. The zero-order chi connectivity index (χ0) is 18.4. The molecule has 1 heterocycles. The van der Waals surface area contributed by atoms with Crippen LogP contribution >= 0.6 is 11.3 Å². The number of rotatable bonds is 6. The first-order chi connectivity index (χ1) is 11.9. The monoisotopic (exact) mass is 361 g/mol. The lowest BCUT2D eigenvalue weighted by Gasteiger charge is -2.20. The van der Waals surface area contributed by atoms with Crippen LogP contribution < -0.4 is 16.0 Å². The number of carbonyl (C=O) groups is 2. The molecule has 0 aliphatic heterocycles. The third-order valence-electron chi connectivity index (χ3n) is 3.53. The number of nitrogens with zero attached hydrogens (tertiary/aromatic N) is 2. The number of anilines is 1. The molecule has 1 atom stereocenters. The summed E-state index contributed by atoms with van der Waals surface area (Å²) >= 11 is 1.30. The van der Waals surface area contributed by atoms with Gasteiger partial charge in [-0.1, -0.05) is 55.0 Å². The largest absolute Gasteiger partial charge is 0.338 e. The van der Waals surface area contributed by atoms with Gasteiger partial charge in [-0.05, 0) is 19.8 Å². The summed E-state index contributed by atoms with van der Waals surface area (Å²) in [7, 11) is 0. The minimum Gasteiger partial charge on any atom is -0.338 e. The third-order valence-corrected chi connectivity index (χ3v) is 4.41. The Balaban J connectivity index is 2.06. The minimum absolute atomic E-state index is 0.0629. The highest BCUT2D eigenvalue weighted by Crippen LogP contribution is 2.26. The summed E-state index contributed by atoms with van der Waals surface area (Å²) < 4.78 is 0. The molecule has 25 heavy (non-hydrogen) atoms. The van der Waals surface area contributed by atoms with E-state index in [1.807, 2.05) is 52.0 Å². The number of hydrogen-bond acceptors (Lipinski definition) is 5. The topological polar surface area (TPSA) is 96.0 Å². The Morgan fingerprint density at radius 2 is 1.84 bits per heavy atom. The van der Waals surface area contributed by atoms with Crippen molar-refractivity contribution in [3.05, 3.63) is 29.8 Å². The zero-order valence-corrected chi connectivity index (χ0v) is 15.6. The number of aromatic nitrogens is 2. The number of nitrogens with one attached hydrogen (secondary N) is 3. The van der Waals surface area contributed by atoms with E-state index < -0.39 is 6.04 Å². The van der Waals surface area contributed by atoms with Crippen molar-refractivity contribution in [2.45, 2.75) is 33.7 Å². The van der Waals surface area contributed by atoms with Gasteiger partial charge in [0.15, 0.2) is 0 Å². The van der Waals surface area contributed by atoms with Crippen LogP contribution in [-0.4, -0.2) is 34.7 Å². The fraction of sp³-hybridized carbons (Fsp3) is 0.412. The van der Waals surface area contributed by atoms with Crippen molar-refractivity contribution in [2.75, 3.05) is 11.9 Å². The van der Waals surface area contributed by atoms with E-state index in [1.54, 1.807) is 0 Å². The summed E-state index contributed by atoms with van der Waals surface area (Å²) in [5.74, 6) is -0.375. The molecule has 1 aromatic carbocycles. The molecule has 1 aromatic heterocycles. The predicted octanol–water partition coefficient (Wildman–Crippen LogP) is 2.80. The first-order valence-corrected chi connectivity index (χ1v) is 8.98. The highest BCUT2D eigenvalue weighted by atomic mass is 32.1. The average molecular weight is 361 g/mol. The van der Waals surface area contributed by atoms with Crippen LogP contribution in [0.3, 0.4) is 0 Å². The maximum absolute atomic E-state index is 12.5. The van der Waals surface area contributed by atoms with Gasteiger partial charge in [-0.2, -0.15) is 0 Å². The summed E-state index contributed by atoms with van der Waals surface area (Å²) in [5, 5.41) is 17.3. The Kier molecular flexibility index (Phi) is 6.46. The summed E-state index contributed by atoms with van der Waals surface area (Å²) in [6.07, 6.45) is 0. The molecule has 3 N–H and O–H groups in total. The molecular weight excluding hydrogens is 338 g/mol. The van der Waals surface area contributed by atoms with E-state index in [-0.39, 0.29) is 17.9 Å². The number of hydrogen-bond donors (Lipinski definition) is 3. The van der Waals surface area contributed by atoms with Gasteiger partial charge in [-0.15, -0.1) is 10.2 Å². The van der Waals surface area contributed by atoms with Gasteiger partial charge < -0.3 is 10.6 Å². The summed E-state index contributed by atoms with van der Waals surface area (Å²) in [4.78, 5) is 24.2. The predicted molar refractivity (Wildman–Crippen MR) is 99.5 cm³/mol. The standard InChI is InChI=1S/C17H23N5O2S/c1-5-18-16(24)19-13(10(2)3)14(23)20-17-22-21-15(25-17)12-8-6-11(4)7-9-12/h6-10,13H,5H2,1-4H3,(H2,18,19,24)(H,20,22,23)/t13-/m0/s1. The fourth-order valence-corrected chi connectivity index (χ4v) is 2.91. The second-order valence-corrected chi connectivity index (χ2v) is 6.97. The van der Waals surface area contributed by atoms with Gasteiger partial charge in [-0.3, -0.25) is 10.1 Å². The lowest BCUT2D eigenvalue weighted by atomic mass is 10.0. The summed E-state index contributed by atoms with van der Waals surface area (Å²) in [6, 6.07) is 6.91. The van der Waals surface area contributed by atoms with Crippen LogP contribution in [0.2, 0.25) is 0 Å². The van der Waals surface area contributed by atoms with Gasteiger partial charge in [0.2, 0.25) is 11.0 Å². The molecule has 0 saturated heterocycles. The molecule has 3 amide bonds. The van der Waals surface area contributed by atoms with Crippen molar-refractivity contribution >= 4 is 28.4 Å². The van der Waals surface area contributed by atoms with Crippen LogP contribution in [-0.2, 0) is 4.79 Å². The maximum atomic E-state index is 12.5. The van der Waals surface area contributed by atoms with Crippen LogP contribution in [0, 0.1) is 12.8 Å². The molecule has 8 heteroatoms. The van der Waals surface area contributed by atoms with Crippen LogP contribution in [0.1, 0.15) is 26.3 Å². The first kappa shape index (κ1) is 18.9. The molecular formula is C17H23N5O2S. The Morgan fingerprint density at radius 3 is 2.44 bits per heavy atom. The normalized spacial score (nSPS) is 11.9. The number of benzene rings is 1. The van der Waals surface area contributed by atoms with Crippen LogP contribution in [0.5, 0.6) is 0 Å². The minimum atomic E-state index is -0.654. The average Bonchev–Trinajstić information content (AvgIpc) is 3.01. The number of amides is 3. The van der Waals surface area contributed by atoms with E-state index in [4.69, 9.17) is 0 Å². The molecule has 0 bridgehead atoms. The second-order valence-electron chi connectivity index (χ2n) is 5.99. The summed E-state index contributed by atoms with van der Waals surface area (Å²) in [6.45, 7) is 8.07. The van der Waals surface area contributed by atoms with Crippen molar-refractivity contribution in [2.24, 2.45) is 5.92 Å². The van der Waals surface area contributed by atoms with E-state index in [1.165, 1.54) is 11.3 Å². The van der Waals surface area contributed by atoms with Gasteiger partial charge in [0.25, 0.3) is 0 Å². The molecule has 0 aliphatic carbocycles. The molecule has 7 nitrogen and oxygen atoms in total. The van der Waals surface area contributed by atoms with Gasteiger partial charge in [0.05, 0.1) is 0 Å². The fourth-order valence-electron chi connectivity index (χ4n) is 2.16. The van der Waals surface area contributed by atoms with Gasteiger partial charge in [0.1, 0.15) is 11.0 Å². The second kappa shape index (κ2) is 8.57. The van der Waals surface area contributed by atoms with E-state index in [0.717, 1.165) is 16.1 Å². The Labute approximate surface area is 151 Å². The SMILES string of the molecule is CCNC(=O)N[C@H](C(=O)Nc1nnc(-c2ccc(C)cc2)s1)C(C)C. The molecule has 0 radical (unpaired) electrons. The van der Waals surface area contributed by atoms with E-state index in [0.29, 0.717) is 11.7 Å². The lowest BCUT2D eigenvalue weighted by molar-refractivity contribution is -0.118. The lowest BCUT2D eigenvalue weighted by Crippen LogP contribution is -2.50. The number of carbonyl (C=O) groups excluding carboxylic acids is 2.